The van der Waals surface area contributed by atoms with E-state index in [2.05, 4.69) is 9.62 Å². The fourth-order valence-corrected chi connectivity index (χ4v) is 5.92. The molecule has 0 radical (unpaired) electrons. The number of nitrogens with one attached hydrogen (secondary N) is 1. The third-order valence-corrected chi connectivity index (χ3v) is 8.07. The molecule has 2 heterocycles. The van der Waals surface area contributed by atoms with E-state index >= 15 is 0 Å². The molecule has 11 heteroatoms. The molecule has 208 valence electrons. The molecule has 1 amide bonds. The number of alkyl halides is 3. The highest BCUT2D eigenvalue weighted by atomic mass is 35.5. The molecule has 1 aliphatic carbocycles. The van der Waals surface area contributed by atoms with Crippen molar-refractivity contribution in [3.8, 4) is 5.75 Å². The standard InChI is InChI=1S/C15H16ClF4N.C12H14FNO2S/c16-13-7-10(15(18,19)20)6-9(14(13)17)8-21-11-2-1-3-12(21)5-4-11;1-16-11-6-10(13)9(12(15)14-17-2)5-8(11)7-3-4-7/h6-7,11-12H,1-5,8H2;5-7H,3-4H2,1-2H3,(H,14,15)/t11-,12?;/m0./s1. The molecule has 0 aromatic heterocycles. The predicted molar refractivity (Wildman–Crippen MR) is 139 cm³/mol. The van der Waals surface area contributed by atoms with Crippen LogP contribution >= 0.6 is 23.5 Å². The van der Waals surface area contributed by atoms with E-state index < -0.39 is 34.3 Å². The lowest BCUT2D eigenvalue weighted by Crippen LogP contribution is -2.39. The van der Waals surface area contributed by atoms with Crippen LogP contribution in [0.15, 0.2) is 24.3 Å². The van der Waals surface area contributed by atoms with Gasteiger partial charge in [0.2, 0.25) is 0 Å². The molecule has 2 saturated heterocycles. The van der Waals surface area contributed by atoms with Gasteiger partial charge in [-0.2, -0.15) is 13.2 Å². The van der Waals surface area contributed by atoms with Crippen molar-refractivity contribution in [2.45, 2.75) is 75.7 Å². The molecule has 0 spiro atoms. The second-order valence-corrected chi connectivity index (χ2v) is 10.9. The van der Waals surface area contributed by atoms with Gasteiger partial charge in [0.05, 0.1) is 23.3 Å². The van der Waals surface area contributed by atoms with E-state index in [4.69, 9.17) is 16.3 Å². The highest BCUT2D eigenvalue weighted by molar-refractivity contribution is 7.97. The van der Waals surface area contributed by atoms with E-state index in [1.165, 1.54) is 13.2 Å². The summed E-state index contributed by atoms with van der Waals surface area (Å²) in [7, 11) is 1.52. The van der Waals surface area contributed by atoms with Crippen LogP contribution in [0.4, 0.5) is 22.0 Å². The van der Waals surface area contributed by atoms with Gasteiger partial charge in [0.15, 0.2) is 0 Å². The Kier molecular flexibility index (Phi) is 9.15. The lowest BCUT2D eigenvalue weighted by molar-refractivity contribution is -0.137. The monoisotopic (exact) mass is 576 g/mol. The largest absolute Gasteiger partial charge is 0.496 e. The smallest absolute Gasteiger partial charge is 0.416 e. The Morgan fingerprint density at radius 3 is 2.29 bits per heavy atom. The van der Waals surface area contributed by atoms with E-state index in [9.17, 15) is 26.7 Å². The average Bonchev–Trinajstić information content (AvgIpc) is 3.68. The van der Waals surface area contributed by atoms with Crippen molar-refractivity contribution >= 4 is 29.5 Å². The molecular weight excluding hydrogens is 547 g/mol. The number of nitrogens with zero attached hydrogens (tertiary/aromatic N) is 1. The first-order chi connectivity index (χ1) is 18.0. The molecule has 2 atom stereocenters. The van der Waals surface area contributed by atoms with Gasteiger partial charge in [0, 0.05) is 36.5 Å². The van der Waals surface area contributed by atoms with E-state index in [0.717, 1.165) is 68.5 Å². The van der Waals surface area contributed by atoms with E-state index in [0.29, 0.717) is 29.8 Å². The van der Waals surface area contributed by atoms with Crippen LogP contribution in [-0.4, -0.2) is 36.3 Å². The Bertz CT molecular complexity index is 1160. The molecule has 2 aromatic rings. The molecule has 4 nitrogen and oxygen atoms in total. The molecule has 3 aliphatic rings. The maximum atomic E-state index is 14.1. The maximum absolute atomic E-state index is 14.1. The van der Waals surface area contributed by atoms with Gasteiger partial charge in [-0.3, -0.25) is 14.4 Å². The predicted octanol–water partition coefficient (Wildman–Crippen LogP) is 7.73. The lowest BCUT2D eigenvalue weighted by Gasteiger charge is -2.35. The summed E-state index contributed by atoms with van der Waals surface area (Å²) in [5.74, 6) is -0.732. The van der Waals surface area contributed by atoms with Crippen molar-refractivity contribution in [1.29, 1.82) is 0 Å². The van der Waals surface area contributed by atoms with Crippen LogP contribution in [0.3, 0.4) is 0 Å². The summed E-state index contributed by atoms with van der Waals surface area (Å²) in [6.07, 6.45) is 4.72. The van der Waals surface area contributed by atoms with Gasteiger partial charge in [0.25, 0.3) is 5.91 Å². The molecule has 1 unspecified atom stereocenters. The zero-order valence-electron chi connectivity index (χ0n) is 21.1. The van der Waals surface area contributed by atoms with E-state index in [1.807, 2.05) is 0 Å². The van der Waals surface area contributed by atoms with E-state index in [1.54, 1.807) is 12.3 Å². The van der Waals surface area contributed by atoms with E-state index in [-0.39, 0.29) is 17.7 Å². The number of halogens is 6. The normalized spacial score (nSPS) is 21.1. The van der Waals surface area contributed by atoms with Crippen LogP contribution in [0.25, 0.3) is 0 Å². The number of rotatable bonds is 6. The van der Waals surface area contributed by atoms with Crippen molar-refractivity contribution in [1.82, 2.24) is 9.62 Å². The second-order valence-electron chi connectivity index (χ2n) is 9.90. The second kappa shape index (κ2) is 12.0. The molecule has 2 aromatic carbocycles. The minimum Gasteiger partial charge on any atom is -0.496 e. The van der Waals surface area contributed by atoms with Crippen molar-refractivity contribution in [3.63, 3.8) is 0 Å². The summed E-state index contributed by atoms with van der Waals surface area (Å²) >= 11 is 6.79. The molecular formula is C27H30ClF5N2O2S. The van der Waals surface area contributed by atoms with Crippen LogP contribution in [0.1, 0.15) is 77.9 Å². The van der Waals surface area contributed by atoms with Gasteiger partial charge in [-0.1, -0.05) is 30.0 Å². The maximum Gasteiger partial charge on any atom is 0.416 e. The molecule has 38 heavy (non-hydrogen) atoms. The van der Waals surface area contributed by atoms with Crippen LogP contribution in [0.5, 0.6) is 5.75 Å². The number of benzene rings is 2. The van der Waals surface area contributed by atoms with Gasteiger partial charge in [0.1, 0.15) is 17.4 Å². The van der Waals surface area contributed by atoms with Crippen LogP contribution in [0.2, 0.25) is 5.02 Å². The number of ether oxygens (including phenoxy) is 1. The number of hydrogen-bond donors (Lipinski definition) is 1. The van der Waals surface area contributed by atoms with Gasteiger partial charge >= 0.3 is 6.18 Å². The highest BCUT2D eigenvalue weighted by Gasteiger charge is 2.38. The average molecular weight is 577 g/mol. The Morgan fingerprint density at radius 1 is 1.08 bits per heavy atom. The number of hydrogen-bond acceptors (Lipinski definition) is 4. The molecule has 2 aliphatic heterocycles. The molecule has 1 saturated carbocycles. The fraction of sp³-hybridized carbons (Fsp3) is 0.519. The summed E-state index contributed by atoms with van der Waals surface area (Å²) in [6.45, 7) is 0.213. The van der Waals surface area contributed by atoms with Gasteiger partial charge < -0.3 is 4.74 Å². The molecule has 1 N–H and O–H groups in total. The minimum atomic E-state index is -4.51. The summed E-state index contributed by atoms with van der Waals surface area (Å²) in [5, 5.41) is -0.454. The zero-order chi connectivity index (χ0) is 27.6. The summed E-state index contributed by atoms with van der Waals surface area (Å²) in [6, 6.07) is 5.20. The van der Waals surface area contributed by atoms with Crippen molar-refractivity contribution in [2.24, 2.45) is 0 Å². The van der Waals surface area contributed by atoms with Gasteiger partial charge in [-0.15, -0.1) is 0 Å². The summed E-state index contributed by atoms with van der Waals surface area (Å²) in [4.78, 5) is 13.8. The lowest BCUT2D eigenvalue weighted by atomic mass is 10.0. The number of piperidine rings is 1. The van der Waals surface area contributed by atoms with Crippen LogP contribution < -0.4 is 9.46 Å². The topological polar surface area (TPSA) is 41.6 Å². The summed E-state index contributed by atoms with van der Waals surface area (Å²) < 4.78 is 74.0. The van der Waals surface area contributed by atoms with Crippen molar-refractivity contribution in [2.75, 3.05) is 13.4 Å². The van der Waals surface area contributed by atoms with Gasteiger partial charge in [-0.25, -0.2) is 8.78 Å². The highest BCUT2D eigenvalue weighted by Crippen LogP contribution is 2.45. The molecule has 3 fully saturated rings. The van der Waals surface area contributed by atoms with Gasteiger partial charge in [-0.05, 0) is 68.2 Å². The number of carbonyl (C=O) groups excluding carboxylic acids is 1. The first-order valence-electron chi connectivity index (χ1n) is 12.5. The number of methoxy groups -OCH3 is 1. The molecule has 2 bridgehead atoms. The SMILES string of the molecule is COc1cc(F)c(C(=O)NSC)cc1C1CC1.Fc1c(Cl)cc(C(F)(F)F)cc1CN1C2CCC[C@H]1CC2. The Balaban J connectivity index is 0.000000181. The number of amides is 1. The Morgan fingerprint density at radius 2 is 1.74 bits per heavy atom. The van der Waals surface area contributed by atoms with Crippen LogP contribution in [-0.2, 0) is 12.7 Å². The first-order valence-corrected chi connectivity index (χ1v) is 14.1. The van der Waals surface area contributed by atoms with Crippen molar-refractivity contribution in [3.05, 3.63) is 63.2 Å². The third-order valence-electron chi connectivity index (χ3n) is 7.41. The number of fused-ring (bicyclic) bond motifs is 2. The first kappa shape index (κ1) is 29.0. The minimum absolute atomic E-state index is 0.0497. The Labute approximate surface area is 228 Å². The van der Waals surface area contributed by atoms with Crippen LogP contribution in [0, 0.1) is 11.6 Å². The summed E-state index contributed by atoms with van der Waals surface area (Å²) in [5.41, 5.74) is 0.184. The zero-order valence-corrected chi connectivity index (χ0v) is 22.7. The fourth-order valence-electron chi connectivity index (χ4n) is 5.39. The van der Waals surface area contributed by atoms with Crippen molar-refractivity contribution < 1.29 is 31.5 Å². The third kappa shape index (κ3) is 6.57. The Hall–Kier alpha value is -2.04. The number of carbonyl (C=O) groups is 1. The molecule has 5 rings (SSSR count). The quantitative estimate of drug-likeness (QED) is 0.282.